The minimum Gasteiger partial charge on any atom is -0.383 e. The van der Waals surface area contributed by atoms with E-state index in [2.05, 4.69) is 50.4 Å². The molecule has 10 aromatic rings. The molecule has 2 saturated carbocycles. The van der Waals surface area contributed by atoms with E-state index in [1.54, 1.807) is 48.5 Å². The number of hydrogen-bond donors (Lipinski definition) is 0. The molecule has 5 amide bonds. The predicted molar refractivity (Wildman–Crippen MR) is 425 cm³/mol. The summed E-state index contributed by atoms with van der Waals surface area (Å²) in [5, 5.41) is 20.4. The molecule has 0 bridgehead atoms. The van der Waals surface area contributed by atoms with Gasteiger partial charge in [-0.25, -0.2) is 87.8 Å². The number of rotatable bonds is 26. The molecular formula is C85H86F18N20O8. The molecule has 131 heavy (non-hydrogen) atoms. The van der Waals surface area contributed by atoms with Crippen molar-refractivity contribution < 1.29 is 117 Å². The summed E-state index contributed by atoms with van der Waals surface area (Å²) in [5.41, 5.74) is 4.12. The standard InChI is InChI=1S/C17H16F4N4O2.C17H18F4N4O2.C17H16F4N4O.C17H19F3N4O2.C17H17F3N4O/c18-12-6-13(10-4-2-1-3-5-10)25-15(12)22-14(23-25)16(26)24(9-17(19,20)21)11-7-27-8-11;1-27-8-7-24(10-17(19,20)21)16(26)14-22-15-12(18)9-13(25(15)23-14)11-5-3-2-4-6-11;18-12-8-13(10-4-2-1-3-5-10)25-15(12)22-14(23-25)16(26)24(11-6-7-11)9-17(19,20)21;1-26-8-7-23(10-14(19)20)17(25)15-21-16-12(18)9-13(24(16)22-15)11-5-3-2-4-6-11;18-12-8-13(10-4-2-1-3-5-10)24-16(12)21-15(22-24)17(25)23(9-14(19)20)11-6-7-11/h1-5,11-13H,6-9H2;2-6,12-13H,7-10H2,1H3;1-5,11-13H,6-9H2;2-6,12-14H,7-10H2,1H3;1-5,11-14H,6-9H2/t5*12-,13-/m00010/s1. The van der Waals surface area contributed by atoms with Crippen LogP contribution in [0.15, 0.2) is 152 Å². The molecule has 5 aromatic heterocycles. The SMILES string of the molecule is COCCN(CC(F)(F)F)C(=O)c1nc2n(n1)[C@H](c1ccccc1)C[C@@H]2F.COCCN(CC(F)F)C(=O)c1nc2n(n1)[C@@H](c1ccccc1)C[C@H]2F.O=C(c1nc2n(n1)[C@H](c1ccccc1)C[C@@H]2F)N(CC(F)(F)F)C1CC1.O=C(c1nc2n(n1)[C@H](c1ccccc1)C[C@@H]2F)N(CC(F)(F)F)C1COC1.O=C(c1nc2n(n1)[C@H](c1ccccc1)C[C@@H]2F)N(CC(F)F)C1CC1. The molecule has 0 radical (unpaired) electrons. The van der Waals surface area contributed by atoms with Crippen molar-refractivity contribution in [3.8, 4) is 0 Å². The van der Waals surface area contributed by atoms with Gasteiger partial charge < -0.3 is 38.7 Å². The molecule has 0 unspecified atom stereocenters. The van der Waals surface area contributed by atoms with Gasteiger partial charge in [0.05, 0.1) is 75.8 Å². The van der Waals surface area contributed by atoms with Gasteiger partial charge in [0.1, 0.15) is 19.6 Å². The summed E-state index contributed by atoms with van der Waals surface area (Å²) in [6.07, 6.45) is -22.8. The summed E-state index contributed by atoms with van der Waals surface area (Å²) in [6.45, 7) is -5.86. The first-order valence-electron chi connectivity index (χ1n) is 41.6. The third kappa shape index (κ3) is 22.9. The van der Waals surface area contributed by atoms with Crippen LogP contribution in [0.25, 0.3) is 0 Å². The van der Waals surface area contributed by atoms with Crippen molar-refractivity contribution >= 4 is 29.5 Å². The van der Waals surface area contributed by atoms with Crippen LogP contribution in [0.2, 0.25) is 0 Å². The number of hydrogen-bond acceptors (Lipinski definition) is 18. The molecule has 5 aromatic carbocycles. The van der Waals surface area contributed by atoms with Crippen LogP contribution in [0.3, 0.4) is 0 Å². The highest BCUT2D eigenvalue weighted by Gasteiger charge is 2.49. The predicted octanol–water partition coefficient (Wildman–Crippen LogP) is 14.9. The average molecular weight is 1860 g/mol. The summed E-state index contributed by atoms with van der Waals surface area (Å²) >= 11 is 0. The zero-order chi connectivity index (χ0) is 93.5. The summed E-state index contributed by atoms with van der Waals surface area (Å²) in [6, 6.07) is 42.2. The van der Waals surface area contributed by atoms with Crippen LogP contribution in [0.1, 0.15) is 229 Å². The Labute approximate surface area is 734 Å². The highest BCUT2D eigenvalue weighted by atomic mass is 19.4. The van der Waals surface area contributed by atoms with Gasteiger partial charge in [-0.3, -0.25) is 24.0 Å². The Morgan fingerprint density at radius 2 is 0.595 bits per heavy atom. The molecule has 46 heteroatoms. The lowest BCUT2D eigenvalue weighted by molar-refractivity contribution is -0.159. The minimum atomic E-state index is -4.58. The van der Waals surface area contributed by atoms with Crippen LogP contribution < -0.4 is 0 Å². The third-order valence-corrected chi connectivity index (χ3v) is 22.5. The number of nitrogens with zero attached hydrogens (tertiary/aromatic N) is 20. The quantitative estimate of drug-likeness (QED) is 0.0455. The number of aromatic nitrogens is 15. The Kier molecular flexibility index (Phi) is 29.4. The molecule has 10 atom stereocenters. The fourth-order valence-corrected chi connectivity index (χ4v) is 15.9. The van der Waals surface area contributed by atoms with Crippen molar-refractivity contribution in [2.75, 3.05) is 86.5 Å². The minimum absolute atomic E-state index is 0.00930. The second-order valence-electron chi connectivity index (χ2n) is 31.9. The van der Waals surface area contributed by atoms with Crippen molar-refractivity contribution in [3.63, 3.8) is 0 Å². The van der Waals surface area contributed by atoms with Crippen LogP contribution in [-0.2, 0) is 14.2 Å². The Hall–Kier alpha value is -12.2. The Balaban J connectivity index is 0.000000132. The third-order valence-electron chi connectivity index (χ3n) is 22.5. The van der Waals surface area contributed by atoms with E-state index < -0.39 is 166 Å². The van der Waals surface area contributed by atoms with Gasteiger partial charge in [-0.15, -0.1) is 25.5 Å². The van der Waals surface area contributed by atoms with E-state index in [1.165, 1.54) is 37.6 Å². The van der Waals surface area contributed by atoms with E-state index in [4.69, 9.17) is 14.2 Å². The molecule has 6 aliphatic heterocycles. The van der Waals surface area contributed by atoms with Crippen LogP contribution in [0.5, 0.6) is 0 Å². The lowest BCUT2D eigenvalue weighted by Gasteiger charge is -2.36. The Morgan fingerprint density at radius 1 is 0.351 bits per heavy atom. The van der Waals surface area contributed by atoms with Gasteiger partial charge in [0.25, 0.3) is 42.4 Å². The fraction of sp³-hybridized carbons (Fsp3) is 0.471. The van der Waals surface area contributed by atoms with Gasteiger partial charge >= 0.3 is 18.5 Å². The van der Waals surface area contributed by atoms with E-state index in [-0.39, 0.29) is 136 Å². The summed E-state index contributed by atoms with van der Waals surface area (Å²) in [5.74, 6) is -5.98. The van der Waals surface area contributed by atoms with Crippen molar-refractivity contribution in [2.24, 2.45) is 0 Å². The first-order chi connectivity index (χ1) is 62.5. The van der Waals surface area contributed by atoms with Gasteiger partial charge in [0.2, 0.25) is 29.1 Å². The van der Waals surface area contributed by atoms with E-state index in [1.807, 2.05) is 103 Å². The number of fused-ring (bicyclic) bond motifs is 5. The Morgan fingerprint density at radius 3 is 0.840 bits per heavy atom. The number of alkyl halides is 18. The number of halogens is 18. The number of carbonyl (C=O) groups excluding carboxylic acids is 5. The maximum atomic E-state index is 14.4. The van der Waals surface area contributed by atoms with Crippen LogP contribution in [0, 0.1) is 0 Å². The molecule has 28 nitrogen and oxygen atoms in total. The molecule has 0 N–H and O–H groups in total. The van der Waals surface area contributed by atoms with Gasteiger partial charge in [-0.05, 0) is 53.5 Å². The molecule has 11 heterocycles. The average Bonchev–Trinajstić information content (AvgIpc) is 1.64. The molecule has 2 aliphatic carbocycles. The van der Waals surface area contributed by atoms with Gasteiger partial charge in [-0.2, -0.15) is 39.5 Å². The molecule has 1 saturated heterocycles. The van der Waals surface area contributed by atoms with E-state index in [9.17, 15) is 103 Å². The lowest BCUT2D eigenvalue weighted by atomic mass is 10.0. The van der Waals surface area contributed by atoms with Crippen LogP contribution in [0.4, 0.5) is 79.0 Å². The van der Waals surface area contributed by atoms with Gasteiger partial charge in [-0.1, -0.05) is 152 Å². The molecule has 0 spiro atoms. The highest BCUT2D eigenvalue weighted by molar-refractivity contribution is 5.93. The highest BCUT2D eigenvalue weighted by Crippen LogP contribution is 2.46. The molecule has 3 fully saturated rings. The first kappa shape index (κ1) is 94.9. The van der Waals surface area contributed by atoms with E-state index >= 15 is 0 Å². The van der Waals surface area contributed by atoms with E-state index in [0.29, 0.717) is 35.5 Å². The zero-order valence-electron chi connectivity index (χ0n) is 69.7. The lowest BCUT2D eigenvalue weighted by Crippen LogP contribution is -2.54. The molecule has 8 aliphatic rings. The summed E-state index contributed by atoms with van der Waals surface area (Å²) in [7, 11) is 2.73. The number of ether oxygens (including phenoxy) is 3. The summed E-state index contributed by atoms with van der Waals surface area (Å²) < 4.78 is 259. The van der Waals surface area contributed by atoms with Crippen LogP contribution >= 0.6 is 0 Å². The number of benzene rings is 5. The second kappa shape index (κ2) is 40.6. The normalized spacial score (nSPS) is 21.0. The maximum Gasteiger partial charge on any atom is 0.406 e. The molecular weight excluding hydrogens is 1770 g/mol. The van der Waals surface area contributed by atoms with Crippen molar-refractivity contribution in [1.82, 2.24) is 98.3 Å². The van der Waals surface area contributed by atoms with Crippen LogP contribution in [-0.4, -0.2) is 264 Å². The zero-order valence-corrected chi connectivity index (χ0v) is 69.7. The smallest absolute Gasteiger partial charge is 0.383 e. The van der Waals surface area contributed by atoms with Crippen molar-refractivity contribution in [2.45, 2.75) is 168 Å². The maximum absolute atomic E-state index is 14.4. The topological polar surface area (TPSA) is 283 Å². The molecule has 700 valence electrons. The number of carbonyl (C=O) groups is 5. The Bertz CT molecular complexity index is 5530. The monoisotopic (exact) mass is 1860 g/mol. The first-order valence-corrected chi connectivity index (χ1v) is 41.6. The number of amides is 5. The number of methoxy groups -OCH3 is 2. The largest absolute Gasteiger partial charge is 0.406 e. The van der Waals surface area contributed by atoms with E-state index in [0.717, 1.165) is 42.5 Å². The fourth-order valence-electron chi connectivity index (χ4n) is 15.9. The van der Waals surface area contributed by atoms with Gasteiger partial charge in [0.15, 0.2) is 60.0 Å². The summed E-state index contributed by atoms with van der Waals surface area (Å²) in [4.78, 5) is 86.4. The van der Waals surface area contributed by atoms with Crippen molar-refractivity contribution in [1.29, 1.82) is 0 Å². The second-order valence-corrected chi connectivity index (χ2v) is 31.9. The van der Waals surface area contributed by atoms with Gasteiger partial charge in [0, 0.05) is 71.5 Å². The molecule has 18 rings (SSSR count). The van der Waals surface area contributed by atoms with Crippen molar-refractivity contribution in [3.05, 3.63) is 238 Å².